The first-order valence-corrected chi connectivity index (χ1v) is 8.83. The predicted molar refractivity (Wildman–Crippen MR) is 92.8 cm³/mol. The molecule has 1 fully saturated rings. The molecule has 4 rings (SSSR count). The Hall–Kier alpha value is -3.04. The SMILES string of the molecule is O=C([C@@H]1CCCN1C(=O)O)N1CCc2c(-c3cn[nH]c3C(F)(F)F)cccc21. The Balaban J connectivity index is 1.70. The van der Waals surface area contributed by atoms with E-state index >= 15 is 0 Å². The number of nitrogens with one attached hydrogen (secondary N) is 1. The van der Waals surface area contributed by atoms with Crippen molar-refractivity contribution in [1.29, 1.82) is 0 Å². The van der Waals surface area contributed by atoms with Crippen molar-refractivity contribution < 1.29 is 27.9 Å². The maximum Gasteiger partial charge on any atom is 0.433 e. The van der Waals surface area contributed by atoms with Crippen molar-refractivity contribution in [2.45, 2.75) is 31.5 Å². The number of fused-ring (bicyclic) bond motifs is 1. The molecule has 1 saturated heterocycles. The van der Waals surface area contributed by atoms with Gasteiger partial charge in [0.1, 0.15) is 11.7 Å². The van der Waals surface area contributed by atoms with E-state index in [1.54, 1.807) is 18.2 Å². The van der Waals surface area contributed by atoms with Crippen LogP contribution in [-0.2, 0) is 17.4 Å². The van der Waals surface area contributed by atoms with Crippen LogP contribution in [0.2, 0.25) is 0 Å². The number of nitrogens with zero attached hydrogens (tertiary/aromatic N) is 3. The highest BCUT2D eigenvalue weighted by molar-refractivity contribution is 6.01. The Morgan fingerprint density at radius 3 is 2.71 bits per heavy atom. The van der Waals surface area contributed by atoms with Crippen LogP contribution < -0.4 is 4.90 Å². The molecular weight excluding hydrogens is 377 g/mol. The Morgan fingerprint density at radius 1 is 1.21 bits per heavy atom. The molecule has 3 heterocycles. The largest absolute Gasteiger partial charge is 0.465 e. The number of amides is 2. The number of aromatic nitrogens is 2. The molecule has 2 aliphatic rings. The van der Waals surface area contributed by atoms with Crippen LogP contribution in [-0.4, -0.2) is 51.3 Å². The summed E-state index contributed by atoms with van der Waals surface area (Å²) in [5, 5.41) is 14.8. The van der Waals surface area contributed by atoms with E-state index in [1.807, 2.05) is 5.10 Å². The summed E-state index contributed by atoms with van der Waals surface area (Å²) < 4.78 is 39.8. The van der Waals surface area contributed by atoms with E-state index in [9.17, 15) is 27.9 Å². The van der Waals surface area contributed by atoms with Crippen molar-refractivity contribution in [2.75, 3.05) is 18.0 Å². The van der Waals surface area contributed by atoms with Gasteiger partial charge in [0.15, 0.2) is 0 Å². The van der Waals surface area contributed by atoms with Crippen LogP contribution >= 0.6 is 0 Å². The Labute approximate surface area is 157 Å². The molecule has 10 heteroatoms. The van der Waals surface area contributed by atoms with E-state index in [1.165, 1.54) is 4.90 Å². The molecule has 2 aliphatic heterocycles. The quantitative estimate of drug-likeness (QED) is 0.819. The number of H-pyrrole nitrogens is 1. The van der Waals surface area contributed by atoms with E-state index in [4.69, 9.17) is 0 Å². The maximum absolute atomic E-state index is 13.3. The van der Waals surface area contributed by atoms with E-state index in [2.05, 4.69) is 5.10 Å². The molecule has 0 spiro atoms. The number of carbonyl (C=O) groups excluding carboxylic acids is 1. The highest BCUT2D eigenvalue weighted by Gasteiger charge is 2.40. The van der Waals surface area contributed by atoms with Crippen LogP contribution in [0.3, 0.4) is 0 Å². The van der Waals surface area contributed by atoms with Gasteiger partial charge >= 0.3 is 12.3 Å². The molecule has 0 radical (unpaired) electrons. The molecule has 1 atom stereocenters. The molecule has 2 amide bonds. The number of rotatable bonds is 2. The van der Waals surface area contributed by atoms with E-state index < -0.39 is 24.0 Å². The Kier molecular flexibility index (Phi) is 4.28. The average Bonchev–Trinajstić information content (AvgIpc) is 3.37. The normalized spacial score (nSPS) is 19.2. The number of anilines is 1. The molecule has 2 aromatic rings. The summed E-state index contributed by atoms with van der Waals surface area (Å²) in [6.45, 7) is 0.602. The van der Waals surface area contributed by atoms with E-state index in [0.717, 1.165) is 11.1 Å². The Bertz CT molecular complexity index is 940. The minimum atomic E-state index is -4.57. The molecule has 0 saturated carbocycles. The van der Waals surface area contributed by atoms with Gasteiger partial charge in [-0.3, -0.25) is 14.8 Å². The zero-order valence-electron chi connectivity index (χ0n) is 14.7. The van der Waals surface area contributed by atoms with Crippen molar-refractivity contribution in [3.8, 4) is 11.1 Å². The lowest BCUT2D eigenvalue weighted by molar-refractivity contribution is -0.140. The molecular formula is C18H17F3N4O3. The lowest BCUT2D eigenvalue weighted by Crippen LogP contribution is -2.47. The number of hydrogen-bond acceptors (Lipinski definition) is 3. The summed E-state index contributed by atoms with van der Waals surface area (Å²) >= 11 is 0. The highest BCUT2D eigenvalue weighted by atomic mass is 19.4. The third-order valence-electron chi connectivity index (χ3n) is 5.29. The molecule has 148 valence electrons. The number of carboxylic acid groups (broad SMARTS) is 1. The zero-order valence-corrected chi connectivity index (χ0v) is 14.7. The van der Waals surface area contributed by atoms with Crippen molar-refractivity contribution in [1.82, 2.24) is 15.1 Å². The lowest BCUT2D eigenvalue weighted by atomic mass is 9.98. The van der Waals surface area contributed by atoms with Gasteiger partial charge in [-0.2, -0.15) is 18.3 Å². The van der Waals surface area contributed by atoms with Gasteiger partial charge in [-0.1, -0.05) is 12.1 Å². The monoisotopic (exact) mass is 394 g/mol. The predicted octanol–water partition coefficient (Wildman–Crippen LogP) is 3.13. The third-order valence-corrected chi connectivity index (χ3v) is 5.29. The second kappa shape index (κ2) is 6.54. The van der Waals surface area contributed by atoms with Gasteiger partial charge in [0.25, 0.3) is 0 Å². The minimum Gasteiger partial charge on any atom is -0.465 e. The lowest BCUT2D eigenvalue weighted by Gasteiger charge is -2.26. The number of alkyl halides is 3. The van der Waals surface area contributed by atoms with Crippen molar-refractivity contribution in [3.63, 3.8) is 0 Å². The van der Waals surface area contributed by atoms with Gasteiger partial charge < -0.3 is 10.0 Å². The standard InChI is InChI=1S/C18H17F3N4O3/c19-18(20,21)15-12(9-22-23-15)10-3-1-4-13-11(10)6-8-24(13)16(26)14-5-2-7-25(14)17(27)28/h1,3-4,9,14H,2,5-8H2,(H,22,23)(H,27,28)/t14-/m0/s1. The van der Waals surface area contributed by atoms with Gasteiger partial charge in [-0.15, -0.1) is 0 Å². The second-order valence-corrected chi connectivity index (χ2v) is 6.83. The first kappa shape index (κ1) is 18.3. The topological polar surface area (TPSA) is 89.5 Å². The smallest absolute Gasteiger partial charge is 0.433 e. The average molecular weight is 394 g/mol. The number of benzene rings is 1. The van der Waals surface area contributed by atoms with Crippen molar-refractivity contribution >= 4 is 17.7 Å². The van der Waals surface area contributed by atoms with Crippen LogP contribution in [0.25, 0.3) is 11.1 Å². The fourth-order valence-corrected chi connectivity index (χ4v) is 4.05. The number of likely N-dealkylation sites (tertiary alicyclic amines) is 1. The number of halogens is 3. The maximum atomic E-state index is 13.3. The van der Waals surface area contributed by atoms with Crippen LogP contribution in [0.5, 0.6) is 0 Å². The molecule has 1 aromatic carbocycles. The Morgan fingerprint density at radius 2 is 2.00 bits per heavy atom. The molecule has 1 aromatic heterocycles. The fraction of sp³-hybridized carbons (Fsp3) is 0.389. The first-order chi connectivity index (χ1) is 13.3. The van der Waals surface area contributed by atoms with Gasteiger partial charge in [0.2, 0.25) is 5.91 Å². The van der Waals surface area contributed by atoms with Crippen LogP contribution in [0.15, 0.2) is 24.4 Å². The van der Waals surface area contributed by atoms with Gasteiger partial charge in [-0.25, -0.2) is 4.79 Å². The van der Waals surface area contributed by atoms with Crippen LogP contribution in [0.1, 0.15) is 24.1 Å². The molecule has 28 heavy (non-hydrogen) atoms. The fourth-order valence-electron chi connectivity index (χ4n) is 4.05. The second-order valence-electron chi connectivity index (χ2n) is 6.83. The molecule has 0 aliphatic carbocycles. The molecule has 2 N–H and O–H groups in total. The first-order valence-electron chi connectivity index (χ1n) is 8.83. The van der Waals surface area contributed by atoms with Gasteiger partial charge in [0, 0.05) is 24.3 Å². The summed E-state index contributed by atoms with van der Waals surface area (Å²) in [6, 6.07) is 4.09. The van der Waals surface area contributed by atoms with Crippen LogP contribution in [0.4, 0.5) is 23.7 Å². The highest BCUT2D eigenvalue weighted by Crippen LogP contribution is 2.41. The summed E-state index contributed by atoms with van der Waals surface area (Å²) in [6.07, 6.45) is -3.15. The van der Waals surface area contributed by atoms with Crippen LogP contribution in [0, 0.1) is 0 Å². The summed E-state index contributed by atoms with van der Waals surface area (Å²) in [5.41, 5.74) is 0.525. The van der Waals surface area contributed by atoms with Crippen molar-refractivity contribution in [3.05, 3.63) is 35.7 Å². The molecule has 0 unspecified atom stereocenters. The molecule has 7 nitrogen and oxygen atoms in total. The van der Waals surface area contributed by atoms with E-state index in [-0.39, 0.29) is 11.5 Å². The molecule has 0 bridgehead atoms. The minimum absolute atomic E-state index is 0.0633. The van der Waals surface area contributed by atoms with Crippen molar-refractivity contribution in [2.24, 2.45) is 0 Å². The van der Waals surface area contributed by atoms with E-state index in [0.29, 0.717) is 49.2 Å². The number of carbonyl (C=O) groups is 2. The van der Waals surface area contributed by atoms with Gasteiger partial charge in [0.05, 0.1) is 6.20 Å². The zero-order chi connectivity index (χ0) is 20.1. The van der Waals surface area contributed by atoms with Gasteiger partial charge in [-0.05, 0) is 36.5 Å². The number of hydrogen-bond donors (Lipinski definition) is 2. The third kappa shape index (κ3) is 2.88. The summed E-state index contributed by atoms with van der Waals surface area (Å²) in [5.74, 6) is -0.334. The number of aromatic amines is 1. The summed E-state index contributed by atoms with van der Waals surface area (Å²) in [4.78, 5) is 26.9. The summed E-state index contributed by atoms with van der Waals surface area (Å²) in [7, 11) is 0.